The summed E-state index contributed by atoms with van der Waals surface area (Å²) in [6.07, 6.45) is 2.02. The average Bonchev–Trinajstić information content (AvgIpc) is 3.43. The molecule has 218 valence electrons. The number of likely N-dealkylation sites (tertiary alicyclic amines) is 1. The molecule has 1 fully saturated rings. The van der Waals surface area contributed by atoms with Crippen LogP contribution in [0.15, 0.2) is 42.5 Å². The van der Waals surface area contributed by atoms with Crippen LogP contribution in [0.1, 0.15) is 58.1 Å². The van der Waals surface area contributed by atoms with E-state index in [2.05, 4.69) is 43.2 Å². The molecule has 2 aromatic carbocycles. The lowest BCUT2D eigenvalue weighted by atomic mass is 10.1. The number of rotatable bonds is 12. The largest absolute Gasteiger partial charge is 0.428 e. The van der Waals surface area contributed by atoms with E-state index in [-0.39, 0.29) is 12.5 Å². The van der Waals surface area contributed by atoms with Crippen LogP contribution in [-0.2, 0) is 20.7 Å². The van der Waals surface area contributed by atoms with Crippen molar-refractivity contribution in [1.29, 1.82) is 0 Å². The number of nitrogens with zero attached hydrogens (tertiary/aromatic N) is 2. The first kappa shape index (κ1) is 30.8. The number of benzene rings is 2. The average molecular weight is 553 g/mol. The minimum atomic E-state index is -0.453. The molecule has 0 aromatic heterocycles. The highest BCUT2D eigenvalue weighted by Crippen LogP contribution is 2.30. The van der Waals surface area contributed by atoms with Crippen LogP contribution in [0.4, 0.5) is 26.7 Å². The lowest BCUT2D eigenvalue weighted by molar-refractivity contribution is -0.152. The van der Waals surface area contributed by atoms with Crippen LogP contribution in [-0.4, -0.2) is 56.0 Å². The normalized spacial score (nSPS) is 12.9. The van der Waals surface area contributed by atoms with Crippen molar-refractivity contribution in [3.05, 3.63) is 53.6 Å². The number of carbonyl (C=O) groups is 3. The number of hydrogen-bond donors (Lipinski definition) is 2. The Morgan fingerprint density at radius 2 is 1.55 bits per heavy atom. The molecule has 0 radical (unpaired) electrons. The number of anilines is 3. The summed E-state index contributed by atoms with van der Waals surface area (Å²) in [5, 5.41) is 5.93. The molecule has 3 amide bonds. The van der Waals surface area contributed by atoms with Crippen molar-refractivity contribution >= 4 is 35.2 Å². The number of aryl methyl sites for hydroxylation is 2. The van der Waals surface area contributed by atoms with Gasteiger partial charge in [0, 0.05) is 38.3 Å². The van der Waals surface area contributed by atoms with Gasteiger partial charge in [0.2, 0.25) is 6.79 Å². The Hall–Kier alpha value is -3.75. The van der Waals surface area contributed by atoms with Crippen molar-refractivity contribution in [1.82, 2.24) is 4.90 Å². The fourth-order valence-electron chi connectivity index (χ4n) is 4.64. The Bertz CT molecular complexity index is 1120. The van der Waals surface area contributed by atoms with Gasteiger partial charge >= 0.3 is 18.1 Å². The van der Waals surface area contributed by atoms with Crippen molar-refractivity contribution in [2.45, 2.75) is 60.3 Å². The molecule has 1 aliphatic rings. The fourth-order valence-corrected chi connectivity index (χ4v) is 4.64. The molecule has 1 heterocycles. The third-order valence-corrected chi connectivity index (χ3v) is 6.51. The molecule has 40 heavy (non-hydrogen) atoms. The number of carbonyl (C=O) groups excluding carboxylic acids is 3. The quantitative estimate of drug-likeness (QED) is 0.233. The Kier molecular flexibility index (Phi) is 11.7. The number of urea groups is 1. The van der Waals surface area contributed by atoms with Crippen LogP contribution in [0.25, 0.3) is 0 Å². The molecule has 9 heteroatoms. The third kappa shape index (κ3) is 10.1. The van der Waals surface area contributed by atoms with Crippen molar-refractivity contribution in [2.75, 3.05) is 48.5 Å². The molecule has 1 aliphatic heterocycles. The summed E-state index contributed by atoms with van der Waals surface area (Å²) in [7, 11) is 0. The number of amides is 3. The highest BCUT2D eigenvalue weighted by molar-refractivity contribution is 6.02. The summed E-state index contributed by atoms with van der Waals surface area (Å²) in [5.41, 5.74) is 4.31. The number of esters is 1. The van der Waals surface area contributed by atoms with Crippen LogP contribution in [0.3, 0.4) is 0 Å². The molecule has 0 bridgehead atoms. The summed E-state index contributed by atoms with van der Waals surface area (Å²) >= 11 is 0. The maximum Gasteiger partial charge on any atom is 0.412 e. The maximum atomic E-state index is 13.0. The Morgan fingerprint density at radius 1 is 0.900 bits per heavy atom. The SMILES string of the molecule is Cc1ccc(NC(=O)Nc2cc(CCC(=O)OCOC(=O)N3CCCC3)ccc2N(CC(C)C)CC(C)C)cc1. The number of ether oxygens (including phenoxy) is 2. The molecule has 3 rings (SSSR count). The van der Waals surface area contributed by atoms with Crippen LogP contribution >= 0.6 is 0 Å². The first-order valence-electron chi connectivity index (χ1n) is 14.2. The first-order chi connectivity index (χ1) is 19.1. The molecule has 0 atom stereocenters. The van der Waals surface area contributed by atoms with Gasteiger partial charge in [-0.25, -0.2) is 9.59 Å². The smallest absolute Gasteiger partial charge is 0.412 e. The summed E-state index contributed by atoms with van der Waals surface area (Å²) in [6.45, 7) is 13.3. The van der Waals surface area contributed by atoms with Gasteiger partial charge in [0.25, 0.3) is 0 Å². The van der Waals surface area contributed by atoms with Gasteiger partial charge in [0.1, 0.15) is 0 Å². The second kappa shape index (κ2) is 15.1. The first-order valence-corrected chi connectivity index (χ1v) is 14.2. The molecular weight excluding hydrogens is 508 g/mol. The van der Waals surface area contributed by atoms with E-state index in [0.717, 1.165) is 42.7 Å². The molecule has 0 spiro atoms. The van der Waals surface area contributed by atoms with E-state index in [1.54, 1.807) is 4.90 Å². The summed E-state index contributed by atoms with van der Waals surface area (Å²) in [5.74, 6) is 0.412. The van der Waals surface area contributed by atoms with Gasteiger partial charge in [-0.1, -0.05) is 51.5 Å². The molecular formula is C31H44N4O5. The van der Waals surface area contributed by atoms with Crippen molar-refractivity contribution in [2.24, 2.45) is 11.8 Å². The third-order valence-electron chi connectivity index (χ3n) is 6.51. The minimum absolute atomic E-state index is 0.122. The molecule has 0 saturated carbocycles. The Balaban J connectivity index is 1.67. The van der Waals surface area contributed by atoms with E-state index < -0.39 is 18.9 Å². The monoisotopic (exact) mass is 552 g/mol. The molecule has 1 saturated heterocycles. The van der Waals surface area contributed by atoms with Gasteiger partial charge in [-0.15, -0.1) is 0 Å². The van der Waals surface area contributed by atoms with Gasteiger partial charge in [0.05, 0.1) is 11.4 Å². The molecule has 2 N–H and O–H groups in total. The highest BCUT2D eigenvalue weighted by Gasteiger charge is 2.20. The van der Waals surface area contributed by atoms with Gasteiger partial charge in [-0.3, -0.25) is 4.79 Å². The van der Waals surface area contributed by atoms with Gasteiger partial charge in [0.15, 0.2) is 0 Å². The van der Waals surface area contributed by atoms with Crippen molar-refractivity contribution in [3.63, 3.8) is 0 Å². The lowest BCUT2D eigenvalue weighted by Crippen LogP contribution is -2.32. The summed E-state index contributed by atoms with van der Waals surface area (Å²) in [6, 6.07) is 13.2. The van der Waals surface area contributed by atoms with Gasteiger partial charge in [-0.2, -0.15) is 0 Å². The van der Waals surface area contributed by atoms with E-state index in [1.807, 2.05) is 49.4 Å². The van der Waals surface area contributed by atoms with E-state index in [4.69, 9.17) is 9.47 Å². The highest BCUT2D eigenvalue weighted by atomic mass is 16.7. The molecule has 9 nitrogen and oxygen atoms in total. The molecule has 0 aliphatic carbocycles. The van der Waals surface area contributed by atoms with E-state index in [1.165, 1.54) is 0 Å². The van der Waals surface area contributed by atoms with Gasteiger partial charge < -0.3 is 29.9 Å². The van der Waals surface area contributed by atoms with Crippen LogP contribution in [0.5, 0.6) is 0 Å². The summed E-state index contributed by atoms with van der Waals surface area (Å²) < 4.78 is 10.2. The Morgan fingerprint density at radius 3 is 2.17 bits per heavy atom. The van der Waals surface area contributed by atoms with E-state index in [0.29, 0.717) is 42.7 Å². The Labute approximate surface area is 238 Å². The van der Waals surface area contributed by atoms with Gasteiger partial charge in [-0.05, 0) is 67.9 Å². The zero-order valence-electron chi connectivity index (χ0n) is 24.5. The second-order valence-corrected chi connectivity index (χ2v) is 11.2. The van der Waals surface area contributed by atoms with E-state index in [9.17, 15) is 14.4 Å². The van der Waals surface area contributed by atoms with Crippen molar-refractivity contribution < 1.29 is 23.9 Å². The standard InChI is InChI=1S/C31H44N4O5/c1-22(2)19-35(20-23(3)4)28-14-10-25(11-15-29(36)39-21-40-31(38)34-16-6-7-17-34)18-27(28)33-30(37)32-26-12-8-24(5)9-13-26/h8-10,12-14,18,22-23H,6-7,11,15-17,19-21H2,1-5H3,(H2,32,33,37). The van der Waals surface area contributed by atoms with Crippen molar-refractivity contribution in [3.8, 4) is 0 Å². The molecule has 0 unspecified atom stereocenters. The summed E-state index contributed by atoms with van der Waals surface area (Å²) in [4.78, 5) is 41.1. The van der Waals surface area contributed by atoms with E-state index >= 15 is 0 Å². The van der Waals surface area contributed by atoms with Crippen LogP contribution < -0.4 is 15.5 Å². The maximum absolute atomic E-state index is 13.0. The number of hydrogen-bond acceptors (Lipinski definition) is 6. The van der Waals surface area contributed by atoms with Crippen LogP contribution in [0, 0.1) is 18.8 Å². The number of nitrogens with one attached hydrogen (secondary N) is 2. The van der Waals surface area contributed by atoms with Crippen LogP contribution in [0.2, 0.25) is 0 Å². The fraction of sp³-hybridized carbons (Fsp3) is 0.516. The lowest BCUT2D eigenvalue weighted by Gasteiger charge is -2.30. The predicted molar refractivity (Wildman–Crippen MR) is 159 cm³/mol. The zero-order chi connectivity index (χ0) is 29.1. The predicted octanol–water partition coefficient (Wildman–Crippen LogP) is 6.42. The zero-order valence-corrected chi connectivity index (χ0v) is 24.5. The topological polar surface area (TPSA) is 100 Å². The minimum Gasteiger partial charge on any atom is -0.428 e. The second-order valence-electron chi connectivity index (χ2n) is 11.2. The molecule has 2 aromatic rings.